The van der Waals surface area contributed by atoms with Crippen LogP contribution in [0.15, 0.2) is 42.2 Å². The molecule has 0 radical (unpaired) electrons. The number of nitrogens with one attached hydrogen (secondary N) is 4. The fraction of sp³-hybridized carbons (Fsp3) is 0.725. The van der Waals surface area contributed by atoms with Gasteiger partial charge in [-0.25, -0.2) is 0 Å². The lowest BCUT2D eigenvalue weighted by molar-refractivity contribution is -0.140. The molecule has 16 heteroatoms. The van der Waals surface area contributed by atoms with Crippen LogP contribution in [0.4, 0.5) is 0 Å². The van der Waals surface area contributed by atoms with E-state index in [9.17, 15) is 33.9 Å². The number of carbonyl (C=O) groups is 6. The van der Waals surface area contributed by atoms with Crippen LogP contribution in [-0.4, -0.2) is 105 Å². The number of benzene rings is 1. The molecule has 9 N–H and O–H groups in total. The Kier molecular flexibility index (Phi) is 32.7. The van der Waals surface area contributed by atoms with Crippen molar-refractivity contribution in [2.24, 2.45) is 22.8 Å². The van der Waals surface area contributed by atoms with Crippen molar-refractivity contribution in [3.63, 3.8) is 0 Å². The van der Waals surface area contributed by atoms with Gasteiger partial charge in [-0.1, -0.05) is 164 Å². The predicted molar refractivity (Wildman–Crippen MR) is 274 cm³/mol. The number of likely N-dealkylation sites (tertiary alicyclic amines) is 1. The molecule has 384 valence electrons. The van der Waals surface area contributed by atoms with E-state index < -0.39 is 41.3 Å². The van der Waals surface area contributed by atoms with Crippen molar-refractivity contribution >= 4 is 47.7 Å². The molecule has 2 saturated carbocycles. The van der Waals surface area contributed by atoms with Crippen LogP contribution < -0.4 is 32.7 Å². The normalized spacial score (nSPS) is 19.9. The Bertz CT molecular complexity index is 1590. The summed E-state index contributed by atoms with van der Waals surface area (Å²) >= 11 is 1.63. The third kappa shape index (κ3) is 24.0. The fourth-order valence-corrected chi connectivity index (χ4v) is 8.76. The Hall–Kier alpha value is -4.31. The molecule has 1 aromatic carbocycles. The molecule has 4 fully saturated rings. The van der Waals surface area contributed by atoms with Crippen molar-refractivity contribution < 1.29 is 33.9 Å². The van der Waals surface area contributed by atoms with Crippen molar-refractivity contribution in [2.75, 3.05) is 25.4 Å². The van der Waals surface area contributed by atoms with Crippen LogP contribution in [0.2, 0.25) is 0 Å². The lowest BCUT2D eigenvalue weighted by atomic mass is 9.85. The highest BCUT2D eigenvalue weighted by atomic mass is 32.2. The second kappa shape index (κ2) is 34.9. The molecule has 1 spiro atoms. The van der Waals surface area contributed by atoms with Crippen LogP contribution in [0.1, 0.15) is 172 Å². The zero-order valence-electron chi connectivity index (χ0n) is 43.2. The Morgan fingerprint density at radius 1 is 0.925 bits per heavy atom. The van der Waals surface area contributed by atoms with Gasteiger partial charge in [0.05, 0.1) is 24.9 Å². The molecule has 2 aliphatic heterocycles. The minimum absolute atomic E-state index is 0.0615. The maximum Gasteiger partial charge on any atom is 0.269 e. The Morgan fingerprint density at radius 2 is 1.48 bits per heavy atom. The number of aliphatic hydroxyl groups excluding tert-OH is 1. The van der Waals surface area contributed by atoms with Crippen LogP contribution >= 0.6 is 11.8 Å². The molecule has 6 amide bonds. The lowest BCUT2D eigenvalue weighted by Gasteiger charge is -2.37. The van der Waals surface area contributed by atoms with E-state index in [-0.39, 0.29) is 35.0 Å². The summed E-state index contributed by atoms with van der Waals surface area (Å²) in [5, 5.41) is 20.2. The number of carbonyl (C=O) groups excluding carboxylic acids is 6. The first-order chi connectivity index (χ1) is 31.9. The molecular weight excluding hydrogens is 869 g/mol. The lowest BCUT2D eigenvalue weighted by Crippen LogP contribution is -2.57. The van der Waals surface area contributed by atoms with E-state index in [4.69, 9.17) is 11.5 Å². The summed E-state index contributed by atoms with van der Waals surface area (Å²) in [5.74, 6) is -0.638. The van der Waals surface area contributed by atoms with Gasteiger partial charge in [0, 0.05) is 31.8 Å². The number of rotatable bonds is 16. The molecule has 67 heavy (non-hydrogen) atoms. The van der Waals surface area contributed by atoms with Gasteiger partial charge in [0.1, 0.15) is 16.6 Å². The molecule has 0 bridgehead atoms. The average Bonchev–Trinajstić information content (AvgIpc) is 4.03. The molecular formula is C51H92N8O7S. The molecule has 5 atom stereocenters. The summed E-state index contributed by atoms with van der Waals surface area (Å²) in [6, 6.07) is 8.04. The summed E-state index contributed by atoms with van der Waals surface area (Å²) in [6.45, 7) is 23.4. The second-order valence-corrected chi connectivity index (χ2v) is 19.9. The van der Waals surface area contributed by atoms with Gasteiger partial charge in [-0.2, -0.15) is 0 Å². The van der Waals surface area contributed by atoms with Crippen LogP contribution in [0.5, 0.6) is 0 Å². The quantitative estimate of drug-likeness (QED) is 0.0672. The van der Waals surface area contributed by atoms with Crippen LogP contribution in [0, 0.1) is 11.3 Å². The minimum atomic E-state index is -1.23. The summed E-state index contributed by atoms with van der Waals surface area (Å²) in [7, 11) is 0. The molecule has 4 aliphatic rings. The number of hydrogen-bond acceptors (Lipinski definition) is 10. The third-order valence-electron chi connectivity index (χ3n) is 11.4. The highest BCUT2D eigenvalue weighted by Gasteiger charge is 2.55. The summed E-state index contributed by atoms with van der Waals surface area (Å²) in [6.07, 6.45) is 17.5. The van der Waals surface area contributed by atoms with Crippen molar-refractivity contribution in [3.8, 4) is 0 Å². The van der Waals surface area contributed by atoms with Crippen LogP contribution in [-0.2, 0) is 35.3 Å². The van der Waals surface area contributed by atoms with Crippen molar-refractivity contribution in [1.29, 1.82) is 0 Å². The molecule has 2 heterocycles. The van der Waals surface area contributed by atoms with Gasteiger partial charge >= 0.3 is 0 Å². The first-order valence-corrected chi connectivity index (χ1v) is 26.1. The molecule has 2 saturated heterocycles. The van der Waals surface area contributed by atoms with Gasteiger partial charge in [-0.05, 0) is 43.1 Å². The van der Waals surface area contributed by atoms with Gasteiger partial charge in [-0.3, -0.25) is 28.8 Å². The molecule has 5 rings (SSSR count). The maximum atomic E-state index is 13.7. The summed E-state index contributed by atoms with van der Waals surface area (Å²) in [4.78, 5) is 76.2. The standard InChI is InChI=1S/C22H36N6O4S.C14H20N2O3.C6H12.C4H10.C3H8.C2H6/c1-13-7-22(28(10-14-5-6-14)17(30)11-33-22)12-27(13)20(32)18(21(2,3)4)26-16(29)9-25-19(31)15(24)8-23;1-2-6-12(16-10-17)13(18)14(19)15-9-11-7-4-3-5-8-11;1-2-4-6-5-3-1;1-3-4-2;1-3-2;1-2/h8,13-14,18H,5-7,9-12,23-24H2,1-4H3,(H,25,31)(H,26,29);3-5,7-8,10,12-13,18H,2,6,9H2,1H3,(H,15,19)(H,16,17);1-6H2;3-4H2,1-2H3;3H2,1-2H3;1-2H3/b15-8-;;;;;. The van der Waals surface area contributed by atoms with Crippen LogP contribution in [0.25, 0.3) is 0 Å². The first-order valence-electron chi connectivity index (χ1n) is 25.1. The van der Waals surface area contributed by atoms with E-state index in [0.717, 1.165) is 37.6 Å². The first kappa shape index (κ1) is 62.7. The van der Waals surface area contributed by atoms with Crippen LogP contribution in [0.3, 0.4) is 0 Å². The van der Waals surface area contributed by atoms with Gasteiger partial charge < -0.3 is 47.6 Å². The van der Waals surface area contributed by atoms with Gasteiger partial charge in [0.2, 0.25) is 24.1 Å². The molecule has 1 aromatic rings. The largest absolute Gasteiger partial charge is 0.403 e. The van der Waals surface area contributed by atoms with E-state index >= 15 is 0 Å². The third-order valence-corrected chi connectivity index (χ3v) is 12.8. The molecule has 2 aliphatic carbocycles. The van der Waals surface area contributed by atoms with E-state index in [1.165, 1.54) is 57.8 Å². The maximum absolute atomic E-state index is 13.7. The minimum Gasteiger partial charge on any atom is -0.403 e. The SMILES string of the molecule is C1CCCCC1.CC.CC1CC2(CN1C(=O)C(NC(=O)CNC(=O)/C(N)=C/N)C(C)(C)C)SCC(=O)N2CC1CC1.CCC.CCCC.CCCC(NC=O)C(O)C(=O)NCc1ccccc1. The Labute approximate surface area is 408 Å². The number of aliphatic hydroxyl groups is 1. The zero-order chi connectivity index (χ0) is 51.0. The van der Waals surface area contributed by atoms with E-state index in [1.807, 2.05) is 83.7 Å². The highest BCUT2D eigenvalue weighted by Crippen LogP contribution is 2.48. The molecule has 5 unspecified atom stereocenters. The zero-order valence-corrected chi connectivity index (χ0v) is 44.0. The van der Waals surface area contributed by atoms with E-state index in [1.54, 1.807) is 16.7 Å². The smallest absolute Gasteiger partial charge is 0.269 e. The van der Waals surface area contributed by atoms with Crippen molar-refractivity contribution in [1.82, 2.24) is 31.1 Å². The highest BCUT2D eigenvalue weighted by molar-refractivity contribution is 8.01. The van der Waals surface area contributed by atoms with Gasteiger partial charge in [0.15, 0.2) is 6.10 Å². The second-order valence-electron chi connectivity index (χ2n) is 18.5. The molecule has 0 aromatic heterocycles. The molecule has 15 nitrogen and oxygen atoms in total. The number of nitrogens with zero attached hydrogens (tertiary/aromatic N) is 2. The number of amides is 6. The topological polar surface area (TPSA) is 229 Å². The van der Waals surface area contributed by atoms with Crippen molar-refractivity contribution in [2.45, 2.75) is 202 Å². The number of unbranched alkanes of at least 4 members (excludes halogenated alkanes) is 1. The van der Waals surface area contributed by atoms with E-state index in [0.29, 0.717) is 44.0 Å². The fourth-order valence-electron chi connectivity index (χ4n) is 7.29. The summed E-state index contributed by atoms with van der Waals surface area (Å²) < 4.78 is 0. The number of hydrogen-bond donors (Lipinski definition) is 7. The van der Waals surface area contributed by atoms with E-state index in [2.05, 4.69) is 49.0 Å². The van der Waals surface area contributed by atoms with Gasteiger partial charge in [0.25, 0.3) is 11.8 Å². The number of thioether (sulfide) groups is 1. The monoisotopic (exact) mass is 961 g/mol. The predicted octanol–water partition coefficient (Wildman–Crippen LogP) is 6.86. The Morgan fingerprint density at radius 3 is 1.94 bits per heavy atom. The van der Waals surface area contributed by atoms with Crippen molar-refractivity contribution in [3.05, 3.63) is 47.8 Å². The summed E-state index contributed by atoms with van der Waals surface area (Å²) in [5.41, 5.74) is 10.8. The number of nitrogens with two attached hydrogens (primary N) is 2. The average molecular weight is 961 g/mol. The van der Waals surface area contributed by atoms with Gasteiger partial charge in [-0.15, -0.1) is 11.8 Å². The Balaban J connectivity index is 0.00000107.